The molecule has 0 fully saturated rings. The van der Waals surface area contributed by atoms with E-state index in [2.05, 4.69) is 33.8 Å². The third-order valence-corrected chi connectivity index (χ3v) is 2.85. The fraction of sp³-hybridized carbons (Fsp3) is 0.231. The summed E-state index contributed by atoms with van der Waals surface area (Å²) in [5.74, 6) is 1.07. The number of nitrogens with zero attached hydrogens (tertiary/aromatic N) is 5. The molecular formula is C13H13N5. The molecule has 0 radical (unpaired) electrons. The molecule has 0 aliphatic carbocycles. The Morgan fingerprint density at radius 1 is 1.00 bits per heavy atom. The molecule has 5 nitrogen and oxygen atoms in total. The van der Waals surface area contributed by atoms with Gasteiger partial charge in [-0.1, -0.05) is 13.8 Å². The first-order valence-electron chi connectivity index (χ1n) is 5.85. The van der Waals surface area contributed by atoms with Crippen LogP contribution in [0, 0.1) is 0 Å². The zero-order valence-corrected chi connectivity index (χ0v) is 10.3. The van der Waals surface area contributed by atoms with Crippen LogP contribution >= 0.6 is 0 Å². The zero-order chi connectivity index (χ0) is 12.5. The van der Waals surface area contributed by atoms with Crippen molar-refractivity contribution in [3.63, 3.8) is 0 Å². The summed E-state index contributed by atoms with van der Waals surface area (Å²) in [6, 6.07) is 0. The first-order valence-corrected chi connectivity index (χ1v) is 5.85. The summed E-state index contributed by atoms with van der Waals surface area (Å²) in [5, 5.41) is 0. The molecule has 0 bridgehead atoms. The van der Waals surface area contributed by atoms with Gasteiger partial charge in [-0.2, -0.15) is 0 Å². The van der Waals surface area contributed by atoms with Gasteiger partial charge in [0.05, 0.1) is 6.20 Å². The highest BCUT2D eigenvalue weighted by molar-refractivity contribution is 5.50. The van der Waals surface area contributed by atoms with Crippen molar-refractivity contribution in [2.24, 2.45) is 0 Å². The summed E-state index contributed by atoms with van der Waals surface area (Å²) < 4.78 is 1.90. The molecular weight excluding hydrogens is 226 g/mol. The molecule has 0 aliphatic rings. The van der Waals surface area contributed by atoms with E-state index >= 15 is 0 Å². The second kappa shape index (κ2) is 4.18. The van der Waals surface area contributed by atoms with Crippen LogP contribution in [0.25, 0.3) is 17.2 Å². The molecule has 0 unspecified atom stereocenters. The van der Waals surface area contributed by atoms with Gasteiger partial charge in [-0.3, -0.25) is 0 Å². The minimum atomic E-state index is 0.433. The topological polar surface area (TPSA) is 56.0 Å². The summed E-state index contributed by atoms with van der Waals surface area (Å²) >= 11 is 0. The summed E-state index contributed by atoms with van der Waals surface area (Å²) in [6.07, 6.45) is 10.9. The van der Waals surface area contributed by atoms with Crippen LogP contribution in [0.5, 0.6) is 0 Å². The fourth-order valence-corrected chi connectivity index (χ4v) is 1.71. The van der Waals surface area contributed by atoms with Gasteiger partial charge in [-0.25, -0.2) is 19.9 Å². The number of rotatable bonds is 2. The maximum atomic E-state index is 4.35. The van der Waals surface area contributed by atoms with Gasteiger partial charge in [0.15, 0.2) is 11.5 Å². The summed E-state index contributed by atoms with van der Waals surface area (Å²) in [4.78, 5) is 17.2. The first kappa shape index (κ1) is 10.8. The maximum Gasteiger partial charge on any atom is 0.179 e. The Bertz CT molecular complexity index is 669. The molecule has 3 heterocycles. The summed E-state index contributed by atoms with van der Waals surface area (Å²) in [5.41, 5.74) is 2.69. The van der Waals surface area contributed by atoms with Crippen molar-refractivity contribution in [2.75, 3.05) is 0 Å². The SMILES string of the molecule is CC(C)c1cnc(-c2cn3ccnc3cn2)nc1. The Hall–Kier alpha value is -2.30. The Morgan fingerprint density at radius 3 is 2.50 bits per heavy atom. The fourth-order valence-electron chi connectivity index (χ4n) is 1.71. The average Bonchev–Trinajstić information content (AvgIpc) is 2.86. The van der Waals surface area contributed by atoms with E-state index in [-0.39, 0.29) is 0 Å². The van der Waals surface area contributed by atoms with E-state index in [1.807, 2.05) is 29.2 Å². The van der Waals surface area contributed by atoms with Crippen molar-refractivity contribution in [1.29, 1.82) is 0 Å². The first-order chi connectivity index (χ1) is 8.74. The number of fused-ring (bicyclic) bond motifs is 1. The van der Waals surface area contributed by atoms with E-state index in [0.29, 0.717) is 11.7 Å². The Balaban J connectivity index is 2.02. The number of hydrogen-bond acceptors (Lipinski definition) is 4. The van der Waals surface area contributed by atoms with E-state index in [0.717, 1.165) is 16.9 Å². The molecule has 0 spiro atoms. The lowest BCUT2D eigenvalue weighted by Gasteiger charge is -2.05. The van der Waals surface area contributed by atoms with E-state index in [4.69, 9.17) is 0 Å². The van der Waals surface area contributed by atoms with Gasteiger partial charge in [0.1, 0.15) is 5.69 Å². The van der Waals surface area contributed by atoms with Crippen LogP contribution < -0.4 is 0 Å². The van der Waals surface area contributed by atoms with Crippen LogP contribution in [0.15, 0.2) is 37.2 Å². The molecule has 0 amide bonds. The zero-order valence-electron chi connectivity index (χ0n) is 10.3. The molecule has 0 N–H and O–H groups in total. The highest BCUT2D eigenvalue weighted by atomic mass is 15.0. The normalized spacial score (nSPS) is 11.3. The van der Waals surface area contributed by atoms with Gasteiger partial charge in [-0.05, 0) is 11.5 Å². The number of hydrogen-bond donors (Lipinski definition) is 0. The summed E-state index contributed by atoms with van der Waals surface area (Å²) in [7, 11) is 0. The molecule has 0 saturated heterocycles. The van der Waals surface area contributed by atoms with Crippen molar-refractivity contribution in [1.82, 2.24) is 24.3 Å². The lowest BCUT2D eigenvalue weighted by atomic mass is 10.1. The van der Waals surface area contributed by atoms with Crippen molar-refractivity contribution in [3.8, 4) is 11.5 Å². The predicted molar refractivity (Wildman–Crippen MR) is 68.1 cm³/mol. The van der Waals surface area contributed by atoms with Gasteiger partial charge in [0, 0.05) is 31.0 Å². The second-order valence-corrected chi connectivity index (χ2v) is 4.46. The molecule has 5 heteroatoms. The lowest BCUT2D eigenvalue weighted by molar-refractivity contribution is 0.846. The Kier molecular flexibility index (Phi) is 2.51. The molecule has 18 heavy (non-hydrogen) atoms. The van der Waals surface area contributed by atoms with Gasteiger partial charge in [-0.15, -0.1) is 0 Å². The van der Waals surface area contributed by atoms with E-state index in [1.165, 1.54) is 0 Å². The predicted octanol–water partition coefficient (Wildman–Crippen LogP) is 2.31. The Morgan fingerprint density at radius 2 is 1.78 bits per heavy atom. The molecule has 3 aromatic rings. The van der Waals surface area contributed by atoms with Gasteiger partial charge in [0.25, 0.3) is 0 Å². The van der Waals surface area contributed by atoms with Crippen molar-refractivity contribution >= 4 is 5.65 Å². The van der Waals surface area contributed by atoms with Crippen LogP contribution in [0.1, 0.15) is 25.3 Å². The standard InChI is InChI=1S/C13H13N5/c1-9(2)10-5-16-13(17-6-10)11-8-18-4-3-14-12(18)7-15-11/h3-9H,1-2H3. The van der Waals surface area contributed by atoms with E-state index in [1.54, 1.807) is 12.4 Å². The van der Waals surface area contributed by atoms with Crippen LogP contribution in [-0.2, 0) is 0 Å². The van der Waals surface area contributed by atoms with Gasteiger partial charge >= 0.3 is 0 Å². The smallest absolute Gasteiger partial charge is 0.179 e. The van der Waals surface area contributed by atoms with Gasteiger partial charge in [0.2, 0.25) is 0 Å². The molecule has 0 saturated carbocycles. The quantitative estimate of drug-likeness (QED) is 0.688. The minimum Gasteiger partial charge on any atom is -0.304 e. The monoisotopic (exact) mass is 239 g/mol. The van der Waals surface area contributed by atoms with Crippen LogP contribution in [0.3, 0.4) is 0 Å². The summed E-state index contributed by atoms with van der Waals surface area (Å²) in [6.45, 7) is 4.24. The Labute approximate surface area is 105 Å². The lowest BCUT2D eigenvalue weighted by Crippen LogP contribution is -1.97. The molecule has 0 aromatic carbocycles. The van der Waals surface area contributed by atoms with Crippen LogP contribution in [-0.4, -0.2) is 24.3 Å². The van der Waals surface area contributed by atoms with Crippen LogP contribution in [0.4, 0.5) is 0 Å². The molecule has 3 rings (SSSR count). The number of imidazole rings is 1. The van der Waals surface area contributed by atoms with E-state index in [9.17, 15) is 0 Å². The van der Waals surface area contributed by atoms with Crippen molar-refractivity contribution in [2.45, 2.75) is 19.8 Å². The van der Waals surface area contributed by atoms with Crippen molar-refractivity contribution in [3.05, 3.63) is 42.7 Å². The average molecular weight is 239 g/mol. The molecule has 90 valence electrons. The third-order valence-electron chi connectivity index (χ3n) is 2.85. The van der Waals surface area contributed by atoms with E-state index < -0.39 is 0 Å². The largest absolute Gasteiger partial charge is 0.304 e. The minimum absolute atomic E-state index is 0.433. The van der Waals surface area contributed by atoms with Crippen molar-refractivity contribution < 1.29 is 0 Å². The van der Waals surface area contributed by atoms with Crippen LogP contribution in [0.2, 0.25) is 0 Å². The highest BCUT2D eigenvalue weighted by Crippen LogP contribution is 2.15. The number of aromatic nitrogens is 5. The second-order valence-electron chi connectivity index (χ2n) is 4.46. The molecule has 0 atom stereocenters. The highest BCUT2D eigenvalue weighted by Gasteiger charge is 2.06. The molecule has 3 aromatic heterocycles. The van der Waals surface area contributed by atoms with Gasteiger partial charge < -0.3 is 4.40 Å². The third kappa shape index (κ3) is 1.84. The maximum absolute atomic E-state index is 4.35. The molecule has 0 aliphatic heterocycles.